The zero-order valence-corrected chi connectivity index (χ0v) is 11.2. The summed E-state index contributed by atoms with van der Waals surface area (Å²) in [5.41, 5.74) is 6.11. The Morgan fingerprint density at radius 1 is 1.33 bits per heavy atom. The quantitative estimate of drug-likeness (QED) is 0.621. The van der Waals surface area contributed by atoms with Gasteiger partial charge in [-0.05, 0) is 51.3 Å². The minimum absolute atomic E-state index is 0.452. The van der Waals surface area contributed by atoms with Gasteiger partial charge >= 0.3 is 6.09 Å². The predicted octanol–water partition coefficient (Wildman–Crippen LogP) is 2.04. The first-order valence-electron chi connectivity index (χ1n) is 6.08. The average molecular weight is 251 g/mol. The van der Waals surface area contributed by atoms with Gasteiger partial charge in [0.2, 0.25) is 0 Å². The molecule has 0 aliphatic carbocycles. The van der Waals surface area contributed by atoms with Gasteiger partial charge in [0.25, 0.3) is 0 Å². The first kappa shape index (κ1) is 14.4. The number of nitrogens with zero attached hydrogens (tertiary/aromatic N) is 1. The van der Waals surface area contributed by atoms with Crippen molar-refractivity contribution < 1.29 is 9.53 Å². The number of pyridine rings is 1. The standard InChI is InChI=1S/C13H21N3O2/c1-13(2,3)18-12(17)16-15-8-4-5-11-6-9-14-10-7-11/h6-7,9-10,15H,4-5,8H2,1-3H3,(H,16,17). The number of nitrogens with one attached hydrogen (secondary N) is 2. The minimum Gasteiger partial charge on any atom is -0.443 e. The third-order valence-corrected chi connectivity index (χ3v) is 2.11. The lowest BCUT2D eigenvalue weighted by molar-refractivity contribution is 0.0498. The summed E-state index contributed by atoms with van der Waals surface area (Å²) in [6, 6.07) is 3.97. The summed E-state index contributed by atoms with van der Waals surface area (Å²) in [4.78, 5) is 15.2. The monoisotopic (exact) mass is 251 g/mol. The molecule has 0 fully saturated rings. The molecule has 5 nitrogen and oxygen atoms in total. The largest absolute Gasteiger partial charge is 0.443 e. The molecular formula is C13H21N3O2. The normalized spacial score (nSPS) is 11.1. The number of aromatic nitrogens is 1. The summed E-state index contributed by atoms with van der Waals surface area (Å²) >= 11 is 0. The maximum Gasteiger partial charge on any atom is 0.422 e. The number of amides is 1. The van der Waals surface area contributed by atoms with E-state index in [0.717, 1.165) is 12.8 Å². The van der Waals surface area contributed by atoms with Crippen LogP contribution in [-0.2, 0) is 11.2 Å². The molecule has 18 heavy (non-hydrogen) atoms. The van der Waals surface area contributed by atoms with Gasteiger partial charge in [-0.2, -0.15) is 0 Å². The average Bonchev–Trinajstić information content (AvgIpc) is 2.27. The Kier molecular flexibility index (Phi) is 5.58. The van der Waals surface area contributed by atoms with E-state index in [-0.39, 0.29) is 0 Å². The second kappa shape index (κ2) is 6.96. The Morgan fingerprint density at radius 3 is 2.61 bits per heavy atom. The molecule has 100 valence electrons. The molecule has 5 heteroatoms. The van der Waals surface area contributed by atoms with E-state index in [4.69, 9.17) is 4.74 Å². The molecule has 0 aromatic carbocycles. The molecule has 0 saturated heterocycles. The third kappa shape index (κ3) is 6.85. The lowest BCUT2D eigenvalue weighted by Crippen LogP contribution is -2.41. The van der Waals surface area contributed by atoms with Crippen LogP contribution in [0.25, 0.3) is 0 Å². The van der Waals surface area contributed by atoms with E-state index < -0.39 is 11.7 Å². The van der Waals surface area contributed by atoms with Gasteiger partial charge in [-0.1, -0.05) is 0 Å². The molecule has 0 atom stereocenters. The predicted molar refractivity (Wildman–Crippen MR) is 69.9 cm³/mol. The fourth-order valence-corrected chi connectivity index (χ4v) is 1.37. The van der Waals surface area contributed by atoms with Crippen molar-refractivity contribution in [1.82, 2.24) is 15.8 Å². The highest BCUT2D eigenvalue weighted by Gasteiger charge is 2.15. The van der Waals surface area contributed by atoms with Crippen molar-refractivity contribution in [2.45, 2.75) is 39.2 Å². The lowest BCUT2D eigenvalue weighted by Gasteiger charge is -2.19. The molecule has 1 heterocycles. The van der Waals surface area contributed by atoms with E-state index in [2.05, 4.69) is 15.8 Å². The summed E-state index contributed by atoms with van der Waals surface area (Å²) in [6.07, 6.45) is 4.99. The van der Waals surface area contributed by atoms with Gasteiger partial charge in [-0.15, -0.1) is 0 Å². The number of carbonyl (C=O) groups is 1. The molecule has 0 aliphatic rings. The van der Waals surface area contributed by atoms with Gasteiger partial charge in [0.1, 0.15) is 5.60 Å². The summed E-state index contributed by atoms with van der Waals surface area (Å²) in [6.45, 7) is 6.18. The van der Waals surface area contributed by atoms with Gasteiger partial charge in [-0.25, -0.2) is 10.2 Å². The van der Waals surface area contributed by atoms with Crippen molar-refractivity contribution >= 4 is 6.09 Å². The first-order chi connectivity index (χ1) is 8.47. The van der Waals surface area contributed by atoms with Crippen molar-refractivity contribution in [3.8, 4) is 0 Å². The highest BCUT2D eigenvalue weighted by atomic mass is 16.6. The molecular weight excluding hydrogens is 230 g/mol. The maximum absolute atomic E-state index is 11.3. The maximum atomic E-state index is 11.3. The molecule has 0 radical (unpaired) electrons. The molecule has 0 spiro atoms. The molecule has 1 rings (SSSR count). The smallest absolute Gasteiger partial charge is 0.422 e. The van der Waals surface area contributed by atoms with Crippen LogP contribution in [0.15, 0.2) is 24.5 Å². The van der Waals surface area contributed by atoms with Crippen LogP contribution in [0.2, 0.25) is 0 Å². The van der Waals surface area contributed by atoms with Crippen molar-refractivity contribution in [3.63, 3.8) is 0 Å². The summed E-state index contributed by atoms with van der Waals surface area (Å²) in [7, 11) is 0. The number of aryl methyl sites for hydroxylation is 1. The number of hydrogen-bond donors (Lipinski definition) is 2. The molecule has 0 aliphatic heterocycles. The Morgan fingerprint density at radius 2 is 2.00 bits per heavy atom. The van der Waals surface area contributed by atoms with Crippen LogP contribution >= 0.6 is 0 Å². The first-order valence-corrected chi connectivity index (χ1v) is 6.08. The Labute approximate surface area is 108 Å². The number of carbonyl (C=O) groups excluding carboxylic acids is 1. The van der Waals surface area contributed by atoms with Crippen LogP contribution in [0.3, 0.4) is 0 Å². The summed E-state index contributed by atoms with van der Waals surface area (Å²) < 4.78 is 5.08. The Hall–Kier alpha value is -1.62. The summed E-state index contributed by atoms with van der Waals surface area (Å²) in [5, 5.41) is 0. The highest BCUT2D eigenvalue weighted by Crippen LogP contribution is 2.05. The second-order valence-corrected chi connectivity index (χ2v) is 5.01. The van der Waals surface area contributed by atoms with Crippen molar-refractivity contribution in [1.29, 1.82) is 0 Å². The Bertz CT molecular complexity index is 360. The van der Waals surface area contributed by atoms with E-state index in [1.54, 1.807) is 12.4 Å². The topological polar surface area (TPSA) is 63.2 Å². The fourth-order valence-electron chi connectivity index (χ4n) is 1.37. The second-order valence-electron chi connectivity index (χ2n) is 5.01. The minimum atomic E-state index is -0.469. The van der Waals surface area contributed by atoms with Gasteiger partial charge < -0.3 is 4.74 Å². The third-order valence-electron chi connectivity index (χ3n) is 2.11. The highest BCUT2D eigenvalue weighted by molar-refractivity contribution is 5.66. The Balaban J connectivity index is 2.07. The summed E-state index contributed by atoms with van der Waals surface area (Å²) in [5.74, 6) is 0. The van der Waals surface area contributed by atoms with Crippen molar-refractivity contribution in [3.05, 3.63) is 30.1 Å². The van der Waals surface area contributed by atoms with E-state index >= 15 is 0 Å². The van der Waals surface area contributed by atoms with Gasteiger partial charge in [0.15, 0.2) is 0 Å². The van der Waals surface area contributed by atoms with Crippen LogP contribution < -0.4 is 10.9 Å². The number of hydrogen-bond acceptors (Lipinski definition) is 4. The molecule has 1 aromatic rings. The molecule has 0 bridgehead atoms. The van der Waals surface area contributed by atoms with E-state index in [1.807, 2.05) is 32.9 Å². The lowest BCUT2D eigenvalue weighted by atomic mass is 10.1. The van der Waals surface area contributed by atoms with Crippen LogP contribution in [0.4, 0.5) is 4.79 Å². The van der Waals surface area contributed by atoms with Gasteiger partial charge in [0, 0.05) is 18.9 Å². The number of ether oxygens (including phenoxy) is 1. The SMILES string of the molecule is CC(C)(C)OC(=O)NNCCCc1ccncc1. The zero-order chi connectivity index (χ0) is 13.4. The van der Waals surface area contributed by atoms with Crippen LogP contribution in [0.5, 0.6) is 0 Å². The molecule has 0 unspecified atom stereocenters. The molecule has 1 aromatic heterocycles. The van der Waals surface area contributed by atoms with E-state index in [9.17, 15) is 4.79 Å². The number of hydrazine groups is 1. The number of rotatable bonds is 5. The van der Waals surface area contributed by atoms with Crippen LogP contribution in [-0.4, -0.2) is 23.2 Å². The van der Waals surface area contributed by atoms with Crippen LogP contribution in [0, 0.1) is 0 Å². The zero-order valence-electron chi connectivity index (χ0n) is 11.2. The molecule has 0 saturated carbocycles. The van der Waals surface area contributed by atoms with Gasteiger partial charge in [0.05, 0.1) is 0 Å². The van der Waals surface area contributed by atoms with Crippen molar-refractivity contribution in [2.24, 2.45) is 0 Å². The molecule has 1 amide bonds. The van der Waals surface area contributed by atoms with Gasteiger partial charge in [-0.3, -0.25) is 10.4 Å². The van der Waals surface area contributed by atoms with Crippen LogP contribution in [0.1, 0.15) is 32.8 Å². The van der Waals surface area contributed by atoms with Crippen molar-refractivity contribution in [2.75, 3.05) is 6.54 Å². The fraction of sp³-hybridized carbons (Fsp3) is 0.538. The molecule has 2 N–H and O–H groups in total. The van der Waals surface area contributed by atoms with E-state index in [1.165, 1.54) is 5.56 Å². The van der Waals surface area contributed by atoms with E-state index in [0.29, 0.717) is 6.54 Å².